The molecule has 0 rings (SSSR count). The fraction of sp³-hybridized carbons (Fsp3) is 0.833. The standard InChI is InChI=1S/C12H23NO4/c1-8(2)6-9(10(14)15)7-13-11(16)17-12(3,4)5/h8-9H,6-7H2,1-5H3,(H,13,16)(H,14,15). The SMILES string of the molecule is CC(C)CC(CNC(=O)OC(C)(C)C)C(=O)O. The molecule has 0 saturated carbocycles. The van der Waals surface area contributed by atoms with E-state index >= 15 is 0 Å². The van der Waals surface area contributed by atoms with Crippen molar-refractivity contribution in [3.8, 4) is 0 Å². The van der Waals surface area contributed by atoms with Crippen LogP contribution in [0.2, 0.25) is 0 Å². The van der Waals surface area contributed by atoms with E-state index in [4.69, 9.17) is 9.84 Å². The van der Waals surface area contributed by atoms with Crippen molar-refractivity contribution < 1.29 is 19.4 Å². The van der Waals surface area contributed by atoms with Gasteiger partial charge in [0.1, 0.15) is 5.60 Å². The minimum Gasteiger partial charge on any atom is -0.481 e. The summed E-state index contributed by atoms with van der Waals surface area (Å²) in [4.78, 5) is 22.3. The highest BCUT2D eigenvalue weighted by Crippen LogP contribution is 2.12. The summed E-state index contributed by atoms with van der Waals surface area (Å²) >= 11 is 0. The van der Waals surface area contributed by atoms with Gasteiger partial charge in [-0.25, -0.2) is 4.79 Å². The Morgan fingerprint density at radius 3 is 2.18 bits per heavy atom. The van der Waals surface area contributed by atoms with E-state index in [0.29, 0.717) is 6.42 Å². The molecule has 0 aliphatic rings. The van der Waals surface area contributed by atoms with Crippen molar-refractivity contribution >= 4 is 12.1 Å². The number of aliphatic carboxylic acids is 1. The van der Waals surface area contributed by atoms with E-state index in [9.17, 15) is 9.59 Å². The Labute approximate surface area is 103 Å². The summed E-state index contributed by atoms with van der Waals surface area (Å²) in [6.45, 7) is 9.27. The van der Waals surface area contributed by atoms with Gasteiger partial charge in [-0.05, 0) is 33.1 Å². The topological polar surface area (TPSA) is 75.6 Å². The van der Waals surface area contributed by atoms with Crippen LogP contribution >= 0.6 is 0 Å². The molecule has 0 heterocycles. The summed E-state index contributed by atoms with van der Waals surface area (Å²) in [6, 6.07) is 0. The van der Waals surface area contributed by atoms with Crippen LogP contribution in [0.1, 0.15) is 41.0 Å². The van der Waals surface area contributed by atoms with Crippen molar-refractivity contribution in [1.29, 1.82) is 0 Å². The van der Waals surface area contributed by atoms with Gasteiger partial charge in [0.25, 0.3) is 0 Å². The van der Waals surface area contributed by atoms with E-state index in [1.807, 2.05) is 13.8 Å². The maximum Gasteiger partial charge on any atom is 0.407 e. The predicted molar refractivity (Wildman–Crippen MR) is 64.8 cm³/mol. The molecular formula is C12H23NO4. The molecule has 0 radical (unpaired) electrons. The smallest absolute Gasteiger partial charge is 0.407 e. The maximum absolute atomic E-state index is 11.3. The summed E-state index contributed by atoms with van der Waals surface area (Å²) in [5.74, 6) is -1.19. The van der Waals surface area contributed by atoms with E-state index in [-0.39, 0.29) is 12.5 Å². The van der Waals surface area contributed by atoms with Gasteiger partial charge in [0, 0.05) is 6.54 Å². The molecule has 100 valence electrons. The second-order valence-electron chi connectivity index (χ2n) is 5.55. The highest BCUT2D eigenvalue weighted by atomic mass is 16.6. The molecule has 0 aliphatic carbocycles. The number of carbonyl (C=O) groups is 2. The Balaban J connectivity index is 4.13. The third kappa shape index (κ3) is 8.54. The molecule has 0 aromatic rings. The van der Waals surface area contributed by atoms with Crippen LogP contribution in [0, 0.1) is 11.8 Å². The van der Waals surface area contributed by atoms with Gasteiger partial charge in [0.05, 0.1) is 5.92 Å². The molecule has 1 atom stereocenters. The molecule has 0 aromatic carbocycles. The van der Waals surface area contributed by atoms with Crippen LogP contribution in [0.3, 0.4) is 0 Å². The second-order valence-corrected chi connectivity index (χ2v) is 5.55. The maximum atomic E-state index is 11.3. The largest absolute Gasteiger partial charge is 0.481 e. The number of rotatable bonds is 5. The van der Waals surface area contributed by atoms with Gasteiger partial charge in [-0.3, -0.25) is 4.79 Å². The lowest BCUT2D eigenvalue weighted by Gasteiger charge is -2.21. The molecule has 0 spiro atoms. The second kappa shape index (κ2) is 6.47. The van der Waals surface area contributed by atoms with Crippen molar-refractivity contribution in [3.63, 3.8) is 0 Å². The van der Waals surface area contributed by atoms with Gasteiger partial charge in [0.2, 0.25) is 0 Å². The third-order valence-electron chi connectivity index (χ3n) is 2.00. The molecule has 0 bridgehead atoms. The first kappa shape index (κ1) is 15.7. The van der Waals surface area contributed by atoms with Crippen molar-refractivity contribution in [2.45, 2.75) is 46.6 Å². The van der Waals surface area contributed by atoms with Gasteiger partial charge in [-0.1, -0.05) is 13.8 Å². The molecule has 1 amide bonds. The van der Waals surface area contributed by atoms with E-state index in [2.05, 4.69) is 5.32 Å². The fourth-order valence-electron chi connectivity index (χ4n) is 1.36. The van der Waals surface area contributed by atoms with E-state index in [1.54, 1.807) is 20.8 Å². The molecular weight excluding hydrogens is 222 g/mol. The van der Waals surface area contributed by atoms with Crippen LogP contribution < -0.4 is 5.32 Å². The quantitative estimate of drug-likeness (QED) is 0.779. The van der Waals surface area contributed by atoms with Gasteiger partial charge < -0.3 is 15.2 Å². The lowest BCUT2D eigenvalue weighted by atomic mass is 9.97. The van der Waals surface area contributed by atoms with E-state index in [1.165, 1.54) is 0 Å². The normalized spacial score (nSPS) is 13.3. The third-order valence-corrected chi connectivity index (χ3v) is 2.00. The highest BCUT2D eigenvalue weighted by Gasteiger charge is 2.21. The Hall–Kier alpha value is -1.26. The molecule has 0 aliphatic heterocycles. The number of alkyl carbamates (subject to hydrolysis) is 1. The van der Waals surface area contributed by atoms with E-state index in [0.717, 1.165) is 0 Å². The average Bonchev–Trinajstić information content (AvgIpc) is 2.08. The number of ether oxygens (including phenoxy) is 1. The number of carboxylic acid groups (broad SMARTS) is 1. The first-order valence-corrected chi connectivity index (χ1v) is 5.81. The predicted octanol–water partition coefficient (Wildman–Crippen LogP) is 2.26. The lowest BCUT2D eigenvalue weighted by Crippen LogP contribution is -2.37. The van der Waals surface area contributed by atoms with Crippen molar-refractivity contribution in [2.75, 3.05) is 6.54 Å². The minimum absolute atomic E-state index is 0.0996. The van der Waals surface area contributed by atoms with Gasteiger partial charge >= 0.3 is 12.1 Å². The molecule has 17 heavy (non-hydrogen) atoms. The van der Waals surface area contributed by atoms with Crippen LogP contribution in [0.5, 0.6) is 0 Å². The van der Waals surface area contributed by atoms with Crippen LogP contribution in [-0.4, -0.2) is 29.3 Å². The van der Waals surface area contributed by atoms with Crippen LogP contribution in [0.4, 0.5) is 4.79 Å². The van der Waals surface area contributed by atoms with Crippen molar-refractivity contribution in [3.05, 3.63) is 0 Å². The van der Waals surface area contributed by atoms with Crippen LogP contribution in [0.25, 0.3) is 0 Å². The Kier molecular flexibility index (Phi) is 5.99. The van der Waals surface area contributed by atoms with Gasteiger partial charge in [-0.2, -0.15) is 0 Å². The Bertz CT molecular complexity index is 268. The molecule has 0 fully saturated rings. The number of hydrogen-bond acceptors (Lipinski definition) is 3. The van der Waals surface area contributed by atoms with Gasteiger partial charge in [0.15, 0.2) is 0 Å². The first-order valence-electron chi connectivity index (χ1n) is 5.81. The molecule has 1 unspecified atom stereocenters. The number of carbonyl (C=O) groups excluding carboxylic acids is 1. The summed E-state index contributed by atoms with van der Waals surface area (Å²) < 4.78 is 5.03. The minimum atomic E-state index is -0.894. The number of amides is 1. The fourth-order valence-corrected chi connectivity index (χ4v) is 1.36. The summed E-state index contributed by atoms with van der Waals surface area (Å²) in [5, 5.41) is 11.5. The summed E-state index contributed by atoms with van der Waals surface area (Å²) in [7, 11) is 0. The van der Waals surface area contributed by atoms with E-state index < -0.39 is 23.6 Å². The van der Waals surface area contributed by atoms with Crippen molar-refractivity contribution in [1.82, 2.24) is 5.32 Å². The monoisotopic (exact) mass is 245 g/mol. The van der Waals surface area contributed by atoms with Crippen LogP contribution in [0.15, 0.2) is 0 Å². The lowest BCUT2D eigenvalue weighted by molar-refractivity contribution is -0.142. The highest BCUT2D eigenvalue weighted by molar-refractivity contribution is 5.72. The molecule has 2 N–H and O–H groups in total. The zero-order valence-corrected chi connectivity index (χ0v) is 11.2. The number of nitrogens with one attached hydrogen (secondary N) is 1. The number of hydrogen-bond donors (Lipinski definition) is 2. The zero-order valence-electron chi connectivity index (χ0n) is 11.2. The molecule has 0 aromatic heterocycles. The first-order chi connectivity index (χ1) is 7.61. The molecule has 5 heteroatoms. The van der Waals surface area contributed by atoms with Crippen LogP contribution in [-0.2, 0) is 9.53 Å². The molecule has 0 saturated heterocycles. The average molecular weight is 245 g/mol. The summed E-state index contributed by atoms with van der Waals surface area (Å²) in [6.07, 6.45) is -0.0435. The summed E-state index contributed by atoms with van der Waals surface area (Å²) in [5.41, 5.74) is -0.569. The van der Waals surface area contributed by atoms with Gasteiger partial charge in [-0.15, -0.1) is 0 Å². The Morgan fingerprint density at radius 1 is 1.29 bits per heavy atom. The van der Waals surface area contributed by atoms with Crippen molar-refractivity contribution in [2.24, 2.45) is 11.8 Å². The number of carboxylic acids is 1. The zero-order chi connectivity index (χ0) is 13.6. The molecule has 5 nitrogen and oxygen atoms in total. The Morgan fingerprint density at radius 2 is 1.82 bits per heavy atom.